The Morgan fingerprint density at radius 1 is 1.03 bits per heavy atom. The van der Waals surface area contributed by atoms with Crippen LogP contribution in [0.2, 0.25) is 0 Å². The second-order valence-electron chi connectivity index (χ2n) is 11.0. The van der Waals surface area contributed by atoms with E-state index in [1.807, 2.05) is 0 Å². The van der Waals surface area contributed by atoms with E-state index in [4.69, 9.17) is 9.47 Å². The predicted molar refractivity (Wildman–Crippen MR) is 125 cm³/mol. The van der Waals surface area contributed by atoms with Crippen molar-refractivity contribution in [2.24, 2.45) is 11.8 Å². The molecule has 2 aliphatic heterocycles. The van der Waals surface area contributed by atoms with E-state index in [0.717, 1.165) is 24.6 Å². The highest BCUT2D eigenvalue weighted by atomic mass is 16.5. The average molecular weight is 420 g/mol. The summed E-state index contributed by atoms with van der Waals surface area (Å²) in [7, 11) is 1.78. The third kappa shape index (κ3) is 3.41. The second kappa shape index (κ2) is 7.64. The van der Waals surface area contributed by atoms with Crippen LogP contribution in [-0.4, -0.2) is 30.2 Å². The SMILES string of the molecule is COc1ccccc1C[C@@]1(C)CN2[C@@H](OC3C[C@H](C)CCC3C2(C)C)c2ccccc21. The maximum atomic E-state index is 6.92. The fraction of sp³-hybridized carbons (Fsp3) is 0.571. The van der Waals surface area contributed by atoms with Crippen LogP contribution in [0.5, 0.6) is 5.75 Å². The maximum absolute atomic E-state index is 6.92. The van der Waals surface area contributed by atoms with Crippen molar-refractivity contribution in [1.82, 2.24) is 4.90 Å². The van der Waals surface area contributed by atoms with Gasteiger partial charge in [-0.1, -0.05) is 62.7 Å². The first kappa shape index (κ1) is 21.0. The summed E-state index contributed by atoms with van der Waals surface area (Å²) in [6.45, 7) is 10.7. The zero-order chi connectivity index (χ0) is 21.8. The minimum Gasteiger partial charge on any atom is -0.496 e. The first-order valence-corrected chi connectivity index (χ1v) is 12.0. The van der Waals surface area contributed by atoms with Crippen LogP contribution in [0, 0.1) is 11.8 Å². The van der Waals surface area contributed by atoms with Crippen molar-refractivity contribution in [3.63, 3.8) is 0 Å². The summed E-state index contributed by atoms with van der Waals surface area (Å²) in [5, 5.41) is 0. The van der Waals surface area contributed by atoms with Crippen molar-refractivity contribution in [3.8, 4) is 5.75 Å². The standard InChI is InChI=1S/C28H37NO2/c1-19-14-15-23-25(16-19)31-26-21-11-7-8-12-22(21)28(4,18-29(26)27(23,2)3)17-20-10-6-9-13-24(20)30-5/h6-13,19,23,25-26H,14-18H2,1-5H3/t19-,23?,25?,26+,28+/m1/s1. The summed E-state index contributed by atoms with van der Waals surface area (Å²) in [6, 6.07) is 17.5. The smallest absolute Gasteiger partial charge is 0.137 e. The Kier molecular flexibility index (Phi) is 5.18. The van der Waals surface area contributed by atoms with E-state index in [-0.39, 0.29) is 17.2 Å². The van der Waals surface area contributed by atoms with Crippen LogP contribution in [0.4, 0.5) is 0 Å². The Balaban J connectivity index is 1.57. The van der Waals surface area contributed by atoms with Crippen LogP contribution in [0.15, 0.2) is 48.5 Å². The molecule has 0 radical (unpaired) electrons. The lowest BCUT2D eigenvalue weighted by atomic mass is 9.65. The molecular formula is C28H37NO2. The molecule has 1 aliphatic carbocycles. The van der Waals surface area contributed by atoms with E-state index in [0.29, 0.717) is 12.0 Å². The van der Waals surface area contributed by atoms with Crippen molar-refractivity contribution in [3.05, 3.63) is 65.2 Å². The Hall–Kier alpha value is -1.84. The summed E-state index contributed by atoms with van der Waals surface area (Å²) in [6.07, 6.45) is 5.17. The maximum Gasteiger partial charge on any atom is 0.137 e. The number of para-hydroxylation sites is 1. The molecule has 0 spiro atoms. The Morgan fingerprint density at radius 3 is 2.58 bits per heavy atom. The zero-order valence-electron chi connectivity index (χ0n) is 19.7. The van der Waals surface area contributed by atoms with E-state index in [1.165, 1.54) is 36.0 Å². The van der Waals surface area contributed by atoms with Gasteiger partial charge in [-0.3, -0.25) is 4.90 Å². The molecule has 31 heavy (non-hydrogen) atoms. The van der Waals surface area contributed by atoms with Crippen molar-refractivity contribution < 1.29 is 9.47 Å². The minimum absolute atomic E-state index is 0.00283. The molecule has 0 amide bonds. The van der Waals surface area contributed by atoms with E-state index < -0.39 is 0 Å². The number of nitrogens with zero attached hydrogens (tertiary/aromatic N) is 1. The van der Waals surface area contributed by atoms with Gasteiger partial charge in [0, 0.05) is 23.4 Å². The van der Waals surface area contributed by atoms with E-state index in [9.17, 15) is 0 Å². The van der Waals surface area contributed by atoms with Crippen molar-refractivity contribution >= 4 is 0 Å². The van der Waals surface area contributed by atoms with Crippen molar-refractivity contribution in [2.75, 3.05) is 13.7 Å². The summed E-state index contributed by atoms with van der Waals surface area (Å²) in [5.74, 6) is 2.35. The number of hydrogen-bond acceptors (Lipinski definition) is 3. The van der Waals surface area contributed by atoms with Crippen LogP contribution in [0.25, 0.3) is 0 Å². The number of ether oxygens (including phenoxy) is 2. The van der Waals surface area contributed by atoms with Gasteiger partial charge in [0.15, 0.2) is 0 Å². The van der Waals surface area contributed by atoms with Gasteiger partial charge in [0.05, 0.1) is 13.2 Å². The normalized spacial score (nSPS) is 34.4. The summed E-state index contributed by atoms with van der Waals surface area (Å²) in [5.41, 5.74) is 4.18. The van der Waals surface area contributed by atoms with Gasteiger partial charge < -0.3 is 9.47 Å². The van der Waals surface area contributed by atoms with Gasteiger partial charge in [-0.2, -0.15) is 0 Å². The molecule has 0 aromatic heterocycles. The first-order valence-electron chi connectivity index (χ1n) is 12.0. The molecule has 3 aliphatic rings. The van der Waals surface area contributed by atoms with Crippen LogP contribution >= 0.6 is 0 Å². The molecule has 5 atom stereocenters. The van der Waals surface area contributed by atoms with Gasteiger partial charge in [0.25, 0.3) is 0 Å². The predicted octanol–water partition coefficient (Wildman–Crippen LogP) is 6.12. The molecule has 2 fully saturated rings. The molecule has 3 heteroatoms. The van der Waals surface area contributed by atoms with E-state index in [1.54, 1.807) is 7.11 Å². The van der Waals surface area contributed by atoms with Crippen LogP contribution in [-0.2, 0) is 16.6 Å². The Bertz CT molecular complexity index is 954. The molecule has 166 valence electrons. The molecule has 2 unspecified atom stereocenters. The van der Waals surface area contributed by atoms with Gasteiger partial charge in [-0.15, -0.1) is 0 Å². The van der Waals surface area contributed by atoms with E-state index >= 15 is 0 Å². The van der Waals surface area contributed by atoms with Gasteiger partial charge in [0.1, 0.15) is 12.0 Å². The fourth-order valence-electron chi connectivity index (χ4n) is 6.71. The number of methoxy groups -OCH3 is 1. The summed E-state index contributed by atoms with van der Waals surface area (Å²) in [4.78, 5) is 2.68. The van der Waals surface area contributed by atoms with Crippen LogP contribution in [0.1, 0.15) is 69.9 Å². The molecular weight excluding hydrogens is 382 g/mol. The minimum atomic E-state index is -0.00283. The largest absolute Gasteiger partial charge is 0.496 e. The highest BCUT2D eigenvalue weighted by Gasteiger charge is 2.55. The third-order valence-corrected chi connectivity index (χ3v) is 8.46. The molecule has 5 rings (SSSR count). The molecule has 1 saturated heterocycles. The zero-order valence-corrected chi connectivity index (χ0v) is 19.7. The Morgan fingerprint density at radius 2 is 1.77 bits per heavy atom. The van der Waals surface area contributed by atoms with Crippen LogP contribution < -0.4 is 4.74 Å². The average Bonchev–Trinajstić information content (AvgIpc) is 2.75. The van der Waals surface area contributed by atoms with Gasteiger partial charge >= 0.3 is 0 Å². The Labute approximate surface area is 187 Å². The molecule has 3 nitrogen and oxygen atoms in total. The van der Waals surface area contributed by atoms with Crippen molar-refractivity contribution in [1.29, 1.82) is 0 Å². The number of rotatable bonds is 3. The monoisotopic (exact) mass is 419 g/mol. The summed E-state index contributed by atoms with van der Waals surface area (Å²) < 4.78 is 12.6. The highest BCUT2D eigenvalue weighted by Crippen LogP contribution is 2.54. The number of fused-ring (bicyclic) bond motifs is 4. The van der Waals surface area contributed by atoms with Crippen molar-refractivity contribution in [2.45, 2.75) is 76.7 Å². The number of benzene rings is 2. The molecule has 0 bridgehead atoms. The molecule has 2 aromatic carbocycles. The quantitative estimate of drug-likeness (QED) is 0.598. The second-order valence-corrected chi connectivity index (χ2v) is 11.0. The lowest BCUT2D eigenvalue weighted by Crippen LogP contribution is -2.65. The first-order chi connectivity index (χ1) is 14.8. The van der Waals surface area contributed by atoms with Gasteiger partial charge in [-0.05, 0) is 61.8 Å². The third-order valence-electron chi connectivity index (χ3n) is 8.46. The molecule has 1 saturated carbocycles. The topological polar surface area (TPSA) is 21.7 Å². The lowest BCUT2D eigenvalue weighted by molar-refractivity contribution is -0.246. The molecule has 2 aromatic rings. The highest BCUT2D eigenvalue weighted by molar-refractivity contribution is 5.43. The molecule has 2 heterocycles. The van der Waals surface area contributed by atoms with E-state index in [2.05, 4.69) is 81.1 Å². The van der Waals surface area contributed by atoms with Crippen LogP contribution in [0.3, 0.4) is 0 Å². The fourth-order valence-corrected chi connectivity index (χ4v) is 6.71. The van der Waals surface area contributed by atoms with Gasteiger partial charge in [0.2, 0.25) is 0 Å². The molecule has 0 N–H and O–H groups in total. The lowest BCUT2D eigenvalue weighted by Gasteiger charge is -2.61. The number of hydrogen-bond donors (Lipinski definition) is 0. The summed E-state index contributed by atoms with van der Waals surface area (Å²) >= 11 is 0. The van der Waals surface area contributed by atoms with Gasteiger partial charge in [-0.25, -0.2) is 0 Å².